The maximum Gasteiger partial charge on any atom is 0.0775 e. The van der Waals surface area contributed by atoms with Crippen LogP contribution in [0.4, 0.5) is 0 Å². The summed E-state index contributed by atoms with van der Waals surface area (Å²) >= 11 is 0. The van der Waals surface area contributed by atoms with Crippen molar-refractivity contribution in [2.45, 2.75) is 19.6 Å². The van der Waals surface area contributed by atoms with E-state index in [0.717, 1.165) is 5.69 Å². The molecule has 0 aliphatic carbocycles. The second kappa shape index (κ2) is 11.9. The van der Waals surface area contributed by atoms with Crippen LogP contribution in [0.2, 0.25) is 19.6 Å². The predicted octanol–water partition coefficient (Wildman–Crippen LogP) is 13.2. The zero-order valence-electron chi connectivity index (χ0n) is 31.2. The van der Waals surface area contributed by atoms with Crippen molar-refractivity contribution in [3.05, 3.63) is 182 Å². The Morgan fingerprint density at radius 3 is 1.33 bits per heavy atom. The molecular weight excluding hydrogens is 683 g/mol. The summed E-state index contributed by atoms with van der Waals surface area (Å²) < 4.78 is 7.26. The van der Waals surface area contributed by atoms with Gasteiger partial charge in [-0.15, -0.1) is 0 Å². The van der Waals surface area contributed by atoms with E-state index in [1.807, 2.05) is 0 Å². The van der Waals surface area contributed by atoms with Crippen LogP contribution in [0.1, 0.15) is 0 Å². The minimum Gasteiger partial charge on any atom is -0.309 e. The van der Waals surface area contributed by atoms with Gasteiger partial charge in [-0.1, -0.05) is 128 Å². The molecule has 0 saturated heterocycles. The van der Waals surface area contributed by atoms with Gasteiger partial charge in [0.15, 0.2) is 0 Å². The van der Waals surface area contributed by atoms with Crippen molar-refractivity contribution in [3.63, 3.8) is 0 Å². The molecule has 262 valence electrons. The highest BCUT2D eigenvalue weighted by molar-refractivity contribution is 6.88. The fourth-order valence-electron chi connectivity index (χ4n) is 8.92. The van der Waals surface area contributed by atoms with Gasteiger partial charge in [-0.2, -0.15) is 0 Å². The van der Waals surface area contributed by atoms with Crippen LogP contribution >= 0.6 is 0 Å². The van der Waals surface area contributed by atoms with Gasteiger partial charge in [0, 0.05) is 49.4 Å². The molecule has 0 atom stereocenters. The Labute approximate surface area is 320 Å². The molecule has 0 aliphatic heterocycles. The highest BCUT2D eigenvalue weighted by Gasteiger charge is 2.20. The van der Waals surface area contributed by atoms with Gasteiger partial charge < -0.3 is 13.7 Å². The van der Waals surface area contributed by atoms with Gasteiger partial charge in [0.1, 0.15) is 0 Å². The summed E-state index contributed by atoms with van der Waals surface area (Å²) in [4.78, 5) is 0. The van der Waals surface area contributed by atoms with Gasteiger partial charge in [-0.05, 0) is 90.0 Å². The quantitative estimate of drug-likeness (QED) is 0.157. The Bertz CT molecular complexity index is 3280. The molecule has 11 aromatic rings. The fraction of sp³-hybridized carbons (Fsp3) is 0.0588. The second-order valence-electron chi connectivity index (χ2n) is 15.9. The monoisotopic (exact) mass is 721 g/mol. The second-order valence-corrected chi connectivity index (χ2v) is 20.9. The number of aromatic nitrogens is 3. The Morgan fingerprint density at radius 2 is 0.709 bits per heavy atom. The van der Waals surface area contributed by atoms with Gasteiger partial charge in [-0.25, -0.2) is 0 Å². The lowest BCUT2D eigenvalue weighted by Gasteiger charge is -2.17. The zero-order chi connectivity index (χ0) is 36.8. The summed E-state index contributed by atoms with van der Waals surface area (Å²) in [5, 5.41) is 9.03. The van der Waals surface area contributed by atoms with E-state index in [0.29, 0.717) is 0 Å². The fourth-order valence-corrected chi connectivity index (χ4v) is 10.1. The Kier molecular flexibility index (Phi) is 6.92. The largest absolute Gasteiger partial charge is 0.309 e. The van der Waals surface area contributed by atoms with Crippen molar-refractivity contribution in [1.82, 2.24) is 13.7 Å². The number of nitrogens with zero attached hydrogens (tertiary/aromatic N) is 3. The first-order valence-electron chi connectivity index (χ1n) is 19.2. The topological polar surface area (TPSA) is 14.8 Å². The van der Waals surface area contributed by atoms with E-state index in [1.54, 1.807) is 0 Å². The molecule has 3 aromatic heterocycles. The molecule has 3 nitrogen and oxygen atoms in total. The van der Waals surface area contributed by atoms with Gasteiger partial charge in [-0.3, -0.25) is 0 Å². The molecule has 0 bridgehead atoms. The lowest BCUT2D eigenvalue weighted by Crippen LogP contribution is -2.37. The van der Waals surface area contributed by atoms with Crippen molar-refractivity contribution in [1.29, 1.82) is 0 Å². The van der Waals surface area contributed by atoms with Crippen LogP contribution in [0.3, 0.4) is 0 Å². The minimum absolute atomic E-state index is 1.16. The molecule has 11 rings (SSSR count). The van der Waals surface area contributed by atoms with Crippen LogP contribution in [0.15, 0.2) is 182 Å². The lowest BCUT2D eigenvalue weighted by atomic mass is 10.0. The number of para-hydroxylation sites is 4. The maximum atomic E-state index is 2.46. The number of hydrogen-bond donors (Lipinski definition) is 0. The summed E-state index contributed by atoms with van der Waals surface area (Å²) in [6.45, 7) is 7.22. The van der Waals surface area contributed by atoms with Crippen LogP contribution < -0.4 is 5.19 Å². The molecule has 0 amide bonds. The summed E-state index contributed by atoms with van der Waals surface area (Å²) in [5.41, 5.74) is 13.2. The van der Waals surface area contributed by atoms with Crippen molar-refractivity contribution in [3.8, 4) is 28.2 Å². The van der Waals surface area contributed by atoms with Gasteiger partial charge in [0.2, 0.25) is 0 Å². The van der Waals surface area contributed by atoms with Crippen LogP contribution in [0, 0.1) is 0 Å². The maximum absolute atomic E-state index is 2.46. The van der Waals surface area contributed by atoms with E-state index in [9.17, 15) is 0 Å². The average molecular weight is 722 g/mol. The summed E-state index contributed by atoms with van der Waals surface area (Å²) in [7, 11) is -1.40. The highest BCUT2D eigenvalue weighted by Crippen LogP contribution is 2.40. The van der Waals surface area contributed by atoms with Gasteiger partial charge >= 0.3 is 0 Å². The summed E-state index contributed by atoms with van der Waals surface area (Å²) in [6.07, 6.45) is 0. The van der Waals surface area contributed by atoms with Crippen molar-refractivity contribution >= 4 is 78.7 Å². The SMILES string of the molecule is C[Si](C)(C)c1ccc(-n2c3ccccc3c3cc(-c4ccc5c6ccccc6n(-c6ccc7c(c6)c6ccccc6n7-c6ccccc6)c5c4)ccc32)cc1. The number of benzene rings is 8. The Hall–Kier alpha value is -6.62. The smallest absolute Gasteiger partial charge is 0.0775 e. The molecule has 0 radical (unpaired) electrons. The standard InChI is InChI=1S/C51H39N3Si/c1-55(2,3)39-26-23-37(24-27-39)53-47-19-11-8-16-41(47)44-31-34(22-29-49(44)53)35-21-28-43-40-15-7-10-18-46(40)54(51(43)32-35)38-25-30-50-45(33-38)42-17-9-12-20-48(42)52(50)36-13-5-4-6-14-36/h4-33H,1-3H3. The number of fused-ring (bicyclic) bond motifs is 9. The van der Waals surface area contributed by atoms with E-state index >= 15 is 0 Å². The van der Waals surface area contributed by atoms with E-state index in [-0.39, 0.29) is 0 Å². The first kappa shape index (κ1) is 31.9. The van der Waals surface area contributed by atoms with Crippen LogP contribution in [0.5, 0.6) is 0 Å². The van der Waals surface area contributed by atoms with Gasteiger partial charge in [0.05, 0.1) is 41.2 Å². The van der Waals surface area contributed by atoms with Crippen LogP contribution in [-0.4, -0.2) is 21.8 Å². The Balaban J connectivity index is 1.10. The molecule has 8 aromatic carbocycles. The van der Waals surface area contributed by atoms with Crippen molar-refractivity contribution in [2.75, 3.05) is 0 Å². The Morgan fingerprint density at radius 1 is 0.291 bits per heavy atom. The highest BCUT2D eigenvalue weighted by atomic mass is 28.3. The van der Waals surface area contributed by atoms with Gasteiger partial charge in [0.25, 0.3) is 0 Å². The average Bonchev–Trinajstić information content (AvgIpc) is 3.86. The van der Waals surface area contributed by atoms with Crippen LogP contribution in [-0.2, 0) is 0 Å². The van der Waals surface area contributed by atoms with E-state index in [2.05, 4.69) is 215 Å². The predicted molar refractivity (Wildman–Crippen MR) is 238 cm³/mol. The molecule has 0 fully saturated rings. The number of rotatable bonds is 5. The first-order valence-corrected chi connectivity index (χ1v) is 22.7. The molecular formula is C51H39N3Si. The molecule has 3 heterocycles. The van der Waals surface area contributed by atoms with Crippen molar-refractivity contribution < 1.29 is 0 Å². The third-order valence-electron chi connectivity index (χ3n) is 11.6. The molecule has 0 spiro atoms. The third kappa shape index (κ3) is 4.88. The first-order chi connectivity index (χ1) is 26.9. The minimum atomic E-state index is -1.40. The summed E-state index contributed by atoms with van der Waals surface area (Å²) in [6, 6.07) is 67.3. The lowest BCUT2D eigenvalue weighted by molar-refractivity contribution is 1.17. The molecule has 0 saturated carbocycles. The van der Waals surface area contributed by atoms with E-state index < -0.39 is 8.07 Å². The molecule has 4 heteroatoms. The van der Waals surface area contributed by atoms with E-state index in [4.69, 9.17) is 0 Å². The molecule has 55 heavy (non-hydrogen) atoms. The number of hydrogen-bond acceptors (Lipinski definition) is 0. The van der Waals surface area contributed by atoms with E-state index in [1.165, 1.54) is 93.1 Å². The van der Waals surface area contributed by atoms with Crippen molar-refractivity contribution in [2.24, 2.45) is 0 Å². The molecule has 0 unspecified atom stereocenters. The normalized spacial score (nSPS) is 12.3. The van der Waals surface area contributed by atoms with Crippen LogP contribution in [0.25, 0.3) is 93.6 Å². The zero-order valence-corrected chi connectivity index (χ0v) is 32.2. The third-order valence-corrected chi connectivity index (χ3v) is 13.7. The molecule has 0 N–H and O–H groups in total. The molecule has 0 aliphatic rings. The summed E-state index contributed by atoms with van der Waals surface area (Å²) in [5.74, 6) is 0.